The Morgan fingerprint density at radius 1 is 1.14 bits per heavy atom. The minimum absolute atomic E-state index is 0.0455. The molecule has 12 nitrogen and oxygen atoms in total. The summed E-state index contributed by atoms with van der Waals surface area (Å²) >= 11 is 0. The Balaban J connectivity index is 1.11. The molecule has 0 unspecified atom stereocenters. The number of ether oxygens (including phenoxy) is 1. The summed E-state index contributed by atoms with van der Waals surface area (Å²) in [5.41, 5.74) is 4.15. The molecule has 1 spiro atoms. The van der Waals surface area contributed by atoms with Crippen LogP contribution in [0.5, 0.6) is 11.6 Å². The second kappa shape index (κ2) is 14.1. The van der Waals surface area contributed by atoms with Gasteiger partial charge in [0, 0.05) is 62.1 Å². The third kappa shape index (κ3) is 6.69. The molecule has 2 amide bonds. The summed E-state index contributed by atoms with van der Waals surface area (Å²) in [7, 11) is 1.62. The molecule has 2 fully saturated rings. The lowest BCUT2D eigenvalue weighted by Crippen LogP contribution is -2.60. The number of nitrogens with one attached hydrogen (secondary N) is 1. The van der Waals surface area contributed by atoms with Crippen molar-refractivity contribution in [3.63, 3.8) is 0 Å². The highest BCUT2D eigenvalue weighted by molar-refractivity contribution is 6.00. The van der Waals surface area contributed by atoms with E-state index in [-0.39, 0.29) is 47.1 Å². The third-order valence-electron chi connectivity index (χ3n) is 10.1. The third-order valence-corrected chi connectivity index (χ3v) is 10.1. The van der Waals surface area contributed by atoms with E-state index < -0.39 is 5.82 Å². The van der Waals surface area contributed by atoms with Gasteiger partial charge in [-0.15, -0.1) is 10.2 Å². The van der Waals surface area contributed by atoms with Gasteiger partial charge in [-0.25, -0.2) is 9.37 Å². The van der Waals surface area contributed by atoms with Crippen LogP contribution in [0.25, 0.3) is 10.9 Å². The normalized spacial score (nSPS) is 15.9. The maximum Gasteiger partial charge on any atom is 0.282 e. The standard InChI is InChI=1S/C36H45FN8O4/c1-6-44(23(2)3)35(48)28-17-26(37)8-10-31(28)49-34-32(39-22-40-41-34)43-20-36(21-43)11-13-42(14-12-36)19-25-7-9-29-27(24(25)4)18-30(33(47)38-5)45(29)15-16-46/h7-10,17-18,22-23,46H,6,11-16,19-21H2,1-5H3,(H,38,47). The van der Waals surface area contributed by atoms with Gasteiger partial charge in [-0.3, -0.25) is 14.5 Å². The fraction of sp³-hybridized carbons (Fsp3) is 0.472. The summed E-state index contributed by atoms with van der Waals surface area (Å²) in [5.74, 6) is -0.0634. The Labute approximate surface area is 285 Å². The number of aliphatic hydroxyl groups is 1. The van der Waals surface area contributed by atoms with Crippen LogP contribution in [0.1, 0.15) is 65.6 Å². The minimum Gasteiger partial charge on any atom is -0.434 e. The molecule has 0 aliphatic carbocycles. The zero-order valence-electron chi connectivity index (χ0n) is 28.9. The van der Waals surface area contributed by atoms with E-state index in [1.54, 1.807) is 11.9 Å². The van der Waals surface area contributed by atoms with E-state index in [9.17, 15) is 19.1 Å². The van der Waals surface area contributed by atoms with Crippen molar-refractivity contribution in [2.24, 2.45) is 5.41 Å². The fourth-order valence-electron chi connectivity index (χ4n) is 7.31. The van der Waals surface area contributed by atoms with Crippen molar-refractivity contribution in [3.05, 3.63) is 70.9 Å². The molecule has 2 aromatic carbocycles. The molecule has 0 saturated carbocycles. The fourth-order valence-corrected chi connectivity index (χ4v) is 7.31. The predicted molar refractivity (Wildman–Crippen MR) is 184 cm³/mol. The molecule has 2 N–H and O–H groups in total. The van der Waals surface area contributed by atoms with Crippen LogP contribution >= 0.6 is 0 Å². The average Bonchev–Trinajstić information content (AvgIpc) is 3.45. The Kier molecular flexibility index (Phi) is 9.84. The molecule has 6 rings (SSSR count). The zero-order chi connectivity index (χ0) is 34.9. The van der Waals surface area contributed by atoms with Crippen molar-refractivity contribution in [2.75, 3.05) is 51.3 Å². The molecule has 0 bridgehead atoms. The molecule has 0 atom stereocenters. The number of aromatic nitrogens is 4. The molecule has 49 heavy (non-hydrogen) atoms. The summed E-state index contributed by atoms with van der Waals surface area (Å²) in [5, 5.41) is 21.5. The molecule has 2 aliphatic heterocycles. The minimum atomic E-state index is -0.521. The van der Waals surface area contributed by atoms with Crippen LogP contribution in [0.4, 0.5) is 10.2 Å². The lowest BCUT2D eigenvalue weighted by atomic mass is 9.72. The first-order chi connectivity index (χ1) is 23.6. The number of aryl methyl sites for hydroxylation is 1. The van der Waals surface area contributed by atoms with Crippen molar-refractivity contribution in [2.45, 2.75) is 59.7 Å². The van der Waals surface area contributed by atoms with Gasteiger partial charge in [0.1, 0.15) is 23.6 Å². The van der Waals surface area contributed by atoms with Crippen molar-refractivity contribution in [1.29, 1.82) is 0 Å². The number of benzene rings is 2. The summed E-state index contributed by atoms with van der Waals surface area (Å²) in [6, 6.07) is 9.98. The smallest absolute Gasteiger partial charge is 0.282 e. The van der Waals surface area contributed by atoms with Crippen molar-refractivity contribution in [1.82, 2.24) is 34.9 Å². The van der Waals surface area contributed by atoms with Crippen LogP contribution in [0.15, 0.2) is 42.7 Å². The molecule has 2 aromatic heterocycles. The maximum absolute atomic E-state index is 14.3. The van der Waals surface area contributed by atoms with E-state index in [2.05, 4.69) is 49.4 Å². The molecule has 2 saturated heterocycles. The highest BCUT2D eigenvalue weighted by Crippen LogP contribution is 2.45. The Morgan fingerprint density at radius 2 is 1.90 bits per heavy atom. The summed E-state index contributed by atoms with van der Waals surface area (Å²) in [4.78, 5) is 36.7. The second-order valence-corrected chi connectivity index (χ2v) is 13.4. The molecular formula is C36H45FN8O4. The number of rotatable bonds is 11. The number of aliphatic hydroxyl groups excluding tert-OH is 1. The molecule has 2 aliphatic rings. The number of carbonyl (C=O) groups is 2. The highest BCUT2D eigenvalue weighted by atomic mass is 19.1. The van der Waals surface area contributed by atoms with E-state index in [4.69, 9.17) is 4.74 Å². The Morgan fingerprint density at radius 3 is 2.57 bits per heavy atom. The largest absolute Gasteiger partial charge is 0.434 e. The topological polar surface area (TPSA) is 129 Å². The Hall–Kier alpha value is -4.62. The van der Waals surface area contributed by atoms with Crippen molar-refractivity contribution in [3.8, 4) is 11.6 Å². The first-order valence-electron chi connectivity index (χ1n) is 17.0. The van der Waals surface area contributed by atoms with Gasteiger partial charge in [-0.05, 0) is 95.1 Å². The monoisotopic (exact) mass is 672 g/mol. The van der Waals surface area contributed by atoms with Gasteiger partial charge in [0.2, 0.25) is 0 Å². The van der Waals surface area contributed by atoms with Crippen molar-refractivity contribution >= 4 is 28.5 Å². The van der Waals surface area contributed by atoms with E-state index in [0.717, 1.165) is 62.0 Å². The first kappa shape index (κ1) is 34.3. The molecular weight excluding hydrogens is 627 g/mol. The SMILES string of the molecule is CCN(C(=O)c1cc(F)ccc1Oc1nncnc1N1CC2(CCN(Cc3ccc4c(cc(C(=O)NC)n4CCO)c3C)CC2)C1)C(C)C. The second-order valence-electron chi connectivity index (χ2n) is 13.4. The van der Waals surface area contributed by atoms with Gasteiger partial charge in [0.15, 0.2) is 5.82 Å². The first-order valence-corrected chi connectivity index (χ1v) is 17.0. The van der Waals surface area contributed by atoms with E-state index in [1.807, 2.05) is 31.4 Å². The molecule has 260 valence electrons. The number of piperidine rings is 1. The quantitative estimate of drug-likeness (QED) is 0.238. The zero-order valence-corrected chi connectivity index (χ0v) is 28.9. The molecule has 13 heteroatoms. The van der Waals surface area contributed by atoms with Gasteiger partial charge in [-0.2, -0.15) is 0 Å². The van der Waals surface area contributed by atoms with Gasteiger partial charge >= 0.3 is 0 Å². The summed E-state index contributed by atoms with van der Waals surface area (Å²) in [6.45, 7) is 12.9. The van der Waals surface area contributed by atoms with Gasteiger partial charge in [0.25, 0.3) is 17.7 Å². The number of hydrogen-bond acceptors (Lipinski definition) is 9. The number of fused-ring (bicyclic) bond motifs is 1. The van der Waals surface area contributed by atoms with Crippen LogP contribution in [0.3, 0.4) is 0 Å². The number of anilines is 1. The Bertz CT molecular complexity index is 1840. The molecule has 0 radical (unpaired) electrons. The number of hydrogen-bond donors (Lipinski definition) is 2. The van der Waals surface area contributed by atoms with Crippen molar-refractivity contribution < 1.29 is 23.8 Å². The number of likely N-dealkylation sites (tertiary alicyclic amines) is 1. The number of halogens is 1. The van der Waals surface area contributed by atoms with Gasteiger partial charge in [-0.1, -0.05) is 6.07 Å². The van der Waals surface area contributed by atoms with E-state index in [1.165, 1.54) is 30.1 Å². The van der Waals surface area contributed by atoms with Crippen LogP contribution in [0.2, 0.25) is 0 Å². The summed E-state index contributed by atoms with van der Waals surface area (Å²) < 4.78 is 22.3. The van der Waals surface area contributed by atoms with Crippen LogP contribution in [-0.4, -0.2) is 98.9 Å². The van der Waals surface area contributed by atoms with Crippen LogP contribution in [0, 0.1) is 18.2 Å². The highest BCUT2D eigenvalue weighted by Gasteiger charge is 2.46. The van der Waals surface area contributed by atoms with Gasteiger partial charge in [0.05, 0.1) is 12.2 Å². The molecule has 4 heterocycles. The number of amides is 2. The number of carbonyl (C=O) groups excluding carboxylic acids is 2. The molecule has 4 aromatic rings. The van der Waals surface area contributed by atoms with E-state index in [0.29, 0.717) is 24.6 Å². The lowest BCUT2D eigenvalue weighted by Gasteiger charge is -2.54. The van der Waals surface area contributed by atoms with E-state index >= 15 is 0 Å². The van der Waals surface area contributed by atoms with Crippen LogP contribution in [-0.2, 0) is 13.1 Å². The predicted octanol–water partition coefficient (Wildman–Crippen LogP) is 4.39. The van der Waals surface area contributed by atoms with Crippen LogP contribution < -0.4 is 15.0 Å². The number of nitrogens with zero attached hydrogens (tertiary/aromatic N) is 7. The maximum atomic E-state index is 14.3. The average molecular weight is 673 g/mol. The van der Waals surface area contributed by atoms with Gasteiger partial charge < -0.3 is 29.5 Å². The summed E-state index contributed by atoms with van der Waals surface area (Å²) in [6.07, 6.45) is 3.45. The lowest BCUT2D eigenvalue weighted by molar-refractivity contribution is 0.0711.